The Morgan fingerprint density at radius 3 is 1.96 bits per heavy atom. The molecule has 3 rings (SSSR count). The van der Waals surface area contributed by atoms with E-state index in [4.69, 9.17) is 5.14 Å². The van der Waals surface area contributed by atoms with Crippen LogP contribution in [-0.4, -0.2) is 58.8 Å². The third kappa shape index (κ3) is 5.06. The van der Waals surface area contributed by atoms with Gasteiger partial charge in [0, 0.05) is 32.7 Å². The van der Waals surface area contributed by atoms with Crippen LogP contribution in [0.25, 0.3) is 6.08 Å². The molecule has 1 fully saturated rings. The van der Waals surface area contributed by atoms with Crippen LogP contribution in [0.2, 0.25) is 0 Å². The van der Waals surface area contributed by atoms with Gasteiger partial charge in [0.05, 0.1) is 9.79 Å². The van der Waals surface area contributed by atoms with Gasteiger partial charge in [0.1, 0.15) is 0 Å². The highest BCUT2D eigenvalue weighted by atomic mass is 32.2. The molecule has 0 spiro atoms. The molecule has 0 atom stereocenters. The second-order valence-electron chi connectivity index (χ2n) is 6.53. The maximum atomic E-state index is 12.8. The molecule has 28 heavy (non-hydrogen) atoms. The van der Waals surface area contributed by atoms with E-state index in [0.717, 1.165) is 12.1 Å². The molecule has 0 bridgehead atoms. The van der Waals surface area contributed by atoms with E-state index < -0.39 is 20.0 Å². The third-order valence-electron chi connectivity index (χ3n) is 4.59. The molecule has 0 aromatic heterocycles. The SMILES string of the molecule is NS(=O)(=O)c1ccc(S(=O)(=O)N2CCN(C/C=C/c3ccccc3)CC2)cc1. The van der Waals surface area contributed by atoms with Gasteiger partial charge < -0.3 is 0 Å². The molecule has 2 aromatic rings. The molecule has 1 aliphatic heterocycles. The van der Waals surface area contributed by atoms with Crippen LogP contribution in [0.5, 0.6) is 0 Å². The zero-order valence-electron chi connectivity index (χ0n) is 15.3. The van der Waals surface area contributed by atoms with Crippen LogP contribution in [0.3, 0.4) is 0 Å². The van der Waals surface area contributed by atoms with Gasteiger partial charge in [-0.2, -0.15) is 4.31 Å². The highest BCUT2D eigenvalue weighted by Gasteiger charge is 2.28. The molecule has 1 heterocycles. The highest BCUT2D eigenvalue weighted by molar-refractivity contribution is 7.89. The summed E-state index contributed by atoms with van der Waals surface area (Å²) in [5.74, 6) is 0. The molecule has 0 unspecified atom stereocenters. The van der Waals surface area contributed by atoms with Gasteiger partial charge in [0.2, 0.25) is 20.0 Å². The molecule has 9 heteroatoms. The second kappa shape index (κ2) is 8.54. The van der Waals surface area contributed by atoms with Crippen molar-refractivity contribution < 1.29 is 16.8 Å². The molecule has 1 aliphatic rings. The largest absolute Gasteiger partial charge is 0.297 e. The van der Waals surface area contributed by atoms with E-state index in [1.54, 1.807) is 0 Å². The lowest BCUT2D eigenvalue weighted by Crippen LogP contribution is -2.48. The Labute approximate surface area is 166 Å². The number of piperazine rings is 1. The number of primary sulfonamides is 1. The molecule has 150 valence electrons. The van der Waals surface area contributed by atoms with Crippen molar-refractivity contribution in [2.75, 3.05) is 32.7 Å². The Balaban J connectivity index is 1.58. The smallest absolute Gasteiger partial charge is 0.243 e. The van der Waals surface area contributed by atoms with Crippen LogP contribution in [0, 0.1) is 0 Å². The van der Waals surface area contributed by atoms with E-state index >= 15 is 0 Å². The highest BCUT2D eigenvalue weighted by Crippen LogP contribution is 2.19. The zero-order chi connectivity index (χ0) is 20.2. The maximum absolute atomic E-state index is 12.8. The number of nitrogens with zero attached hydrogens (tertiary/aromatic N) is 2. The second-order valence-corrected chi connectivity index (χ2v) is 10.0. The number of hydrogen-bond donors (Lipinski definition) is 1. The first kappa shape index (κ1) is 20.7. The van der Waals surface area contributed by atoms with Gasteiger partial charge in [-0.05, 0) is 29.8 Å². The minimum absolute atomic E-state index is 0.0670. The number of hydrogen-bond acceptors (Lipinski definition) is 5. The van der Waals surface area contributed by atoms with Gasteiger partial charge in [0.25, 0.3) is 0 Å². The lowest BCUT2D eigenvalue weighted by Gasteiger charge is -2.33. The topological polar surface area (TPSA) is 101 Å². The molecule has 7 nitrogen and oxygen atoms in total. The summed E-state index contributed by atoms with van der Waals surface area (Å²) in [5.41, 5.74) is 1.13. The summed E-state index contributed by atoms with van der Waals surface area (Å²) in [6.07, 6.45) is 4.13. The summed E-state index contributed by atoms with van der Waals surface area (Å²) in [6, 6.07) is 15.0. The van der Waals surface area contributed by atoms with Crippen molar-refractivity contribution in [3.8, 4) is 0 Å². The zero-order valence-corrected chi connectivity index (χ0v) is 16.9. The summed E-state index contributed by atoms with van der Waals surface area (Å²) in [4.78, 5) is 2.15. The number of rotatable bonds is 6. The molecular weight excluding hydrogens is 398 g/mol. The molecule has 0 amide bonds. The number of sulfonamides is 2. The lowest BCUT2D eigenvalue weighted by atomic mass is 10.2. The minimum atomic E-state index is -3.85. The molecular formula is C19H23N3O4S2. The fourth-order valence-corrected chi connectivity index (χ4v) is 4.94. The molecule has 1 saturated heterocycles. The van der Waals surface area contributed by atoms with E-state index in [0.29, 0.717) is 26.2 Å². The first-order chi connectivity index (χ1) is 13.3. The summed E-state index contributed by atoms with van der Waals surface area (Å²) >= 11 is 0. The lowest BCUT2D eigenvalue weighted by molar-refractivity contribution is 0.204. The minimum Gasteiger partial charge on any atom is -0.297 e. The average Bonchev–Trinajstić information content (AvgIpc) is 2.69. The Kier molecular flexibility index (Phi) is 6.31. The number of benzene rings is 2. The summed E-state index contributed by atoms with van der Waals surface area (Å²) in [5, 5.41) is 5.05. The summed E-state index contributed by atoms with van der Waals surface area (Å²) in [6.45, 7) is 2.80. The standard InChI is InChI=1S/C19H23N3O4S2/c20-27(23,24)18-8-10-19(11-9-18)28(25,26)22-15-13-21(14-16-22)12-4-7-17-5-2-1-3-6-17/h1-11H,12-16H2,(H2,20,23,24)/b7-4+. The molecule has 2 N–H and O–H groups in total. The fraction of sp³-hybridized carbons (Fsp3) is 0.263. The predicted molar refractivity (Wildman–Crippen MR) is 108 cm³/mol. The van der Waals surface area contributed by atoms with Crippen molar-refractivity contribution in [2.45, 2.75) is 9.79 Å². The van der Waals surface area contributed by atoms with Gasteiger partial charge in [-0.25, -0.2) is 22.0 Å². The van der Waals surface area contributed by atoms with Gasteiger partial charge in [-0.3, -0.25) is 4.90 Å². The first-order valence-electron chi connectivity index (χ1n) is 8.84. The molecule has 2 aromatic carbocycles. The number of nitrogens with two attached hydrogens (primary N) is 1. The molecule has 0 radical (unpaired) electrons. The molecule has 0 saturated carbocycles. The fourth-order valence-electron chi connectivity index (χ4n) is 3.00. The van der Waals surface area contributed by atoms with Crippen LogP contribution >= 0.6 is 0 Å². The Morgan fingerprint density at radius 2 is 1.39 bits per heavy atom. The van der Waals surface area contributed by atoms with Crippen molar-refractivity contribution in [3.63, 3.8) is 0 Å². The normalized spacial score (nSPS) is 17.2. The van der Waals surface area contributed by atoms with Crippen molar-refractivity contribution in [2.24, 2.45) is 5.14 Å². The quantitative estimate of drug-likeness (QED) is 0.759. The Bertz CT molecular complexity index is 1030. The predicted octanol–water partition coefficient (Wildman–Crippen LogP) is 1.35. The van der Waals surface area contributed by atoms with E-state index in [1.807, 2.05) is 30.3 Å². The van der Waals surface area contributed by atoms with E-state index in [2.05, 4.69) is 17.1 Å². The molecule has 0 aliphatic carbocycles. The third-order valence-corrected chi connectivity index (χ3v) is 7.44. The van der Waals surface area contributed by atoms with Gasteiger partial charge in [0.15, 0.2) is 0 Å². The first-order valence-corrected chi connectivity index (χ1v) is 11.8. The van der Waals surface area contributed by atoms with Crippen LogP contribution in [0.1, 0.15) is 5.56 Å². The van der Waals surface area contributed by atoms with E-state index in [9.17, 15) is 16.8 Å². The summed E-state index contributed by atoms with van der Waals surface area (Å²) in [7, 11) is -7.51. The monoisotopic (exact) mass is 421 g/mol. The van der Waals surface area contributed by atoms with E-state index in [1.165, 1.54) is 28.6 Å². The van der Waals surface area contributed by atoms with Gasteiger partial charge in [-0.15, -0.1) is 0 Å². The van der Waals surface area contributed by atoms with Crippen molar-refractivity contribution >= 4 is 26.1 Å². The average molecular weight is 422 g/mol. The Hall–Kier alpha value is -2.04. The van der Waals surface area contributed by atoms with Crippen molar-refractivity contribution in [1.82, 2.24) is 9.21 Å². The maximum Gasteiger partial charge on any atom is 0.243 e. The van der Waals surface area contributed by atoms with Crippen molar-refractivity contribution in [3.05, 3.63) is 66.2 Å². The van der Waals surface area contributed by atoms with Gasteiger partial charge in [-0.1, -0.05) is 42.5 Å². The summed E-state index contributed by atoms with van der Waals surface area (Å²) < 4.78 is 49.6. The van der Waals surface area contributed by atoms with Gasteiger partial charge >= 0.3 is 0 Å². The van der Waals surface area contributed by atoms with E-state index in [-0.39, 0.29) is 9.79 Å². The van der Waals surface area contributed by atoms with Crippen LogP contribution in [-0.2, 0) is 20.0 Å². The van der Waals surface area contributed by atoms with Crippen LogP contribution < -0.4 is 5.14 Å². The van der Waals surface area contributed by atoms with Crippen molar-refractivity contribution in [1.29, 1.82) is 0 Å². The Morgan fingerprint density at radius 1 is 0.821 bits per heavy atom. The van der Waals surface area contributed by atoms with Crippen LogP contribution in [0.15, 0.2) is 70.5 Å². The van der Waals surface area contributed by atoms with Crippen LogP contribution in [0.4, 0.5) is 0 Å².